The molecule has 1 aliphatic heterocycles. The highest BCUT2D eigenvalue weighted by Gasteiger charge is 2.32. The Morgan fingerprint density at radius 2 is 1.88 bits per heavy atom. The van der Waals surface area contributed by atoms with Gasteiger partial charge in [0.25, 0.3) is 11.6 Å². The Balaban J connectivity index is 1.72. The number of nitrogens with one attached hydrogen (secondary N) is 1. The Bertz CT molecular complexity index is 1070. The number of carbonyl (C=O) groups is 2. The number of anilines is 2. The molecule has 1 saturated heterocycles. The van der Waals surface area contributed by atoms with E-state index in [-0.39, 0.29) is 22.0 Å². The zero-order valence-corrected chi connectivity index (χ0v) is 17.6. The van der Waals surface area contributed by atoms with E-state index in [4.69, 9.17) is 21.1 Å². The third kappa shape index (κ3) is 6.11. The van der Waals surface area contributed by atoms with E-state index in [2.05, 4.69) is 5.32 Å². The van der Waals surface area contributed by atoms with Crippen molar-refractivity contribution in [1.29, 1.82) is 0 Å². The number of alkyl halides is 3. The molecule has 0 unspecified atom stereocenters. The Hall–Kier alpha value is -3.38. The lowest BCUT2D eigenvalue weighted by Gasteiger charge is -2.31. The molecule has 0 radical (unpaired) electrons. The van der Waals surface area contributed by atoms with Crippen LogP contribution in [0.15, 0.2) is 36.4 Å². The number of benzene rings is 2. The molecule has 0 atom stereocenters. The summed E-state index contributed by atoms with van der Waals surface area (Å²) in [6.07, 6.45) is -4.62. The second kappa shape index (κ2) is 10.0. The molecule has 0 saturated carbocycles. The third-order valence-electron chi connectivity index (χ3n) is 4.67. The van der Waals surface area contributed by atoms with Gasteiger partial charge in [-0.3, -0.25) is 14.9 Å². The third-order valence-corrected chi connectivity index (χ3v) is 4.98. The molecule has 9 nitrogen and oxygen atoms in total. The number of nitrogens with zero attached hydrogens (tertiary/aromatic N) is 2. The Kier molecular flexibility index (Phi) is 7.39. The first kappa shape index (κ1) is 24.3. The Morgan fingerprint density at radius 1 is 1.18 bits per heavy atom. The predicted molar refractivity (Wildman–Crippen MR) is 111 cm³/mol. The van der Waals surface area contributed by atoms with Gasteiger partial charge in [0.05, 0.1) is 45.7 Å². The van der Waals surface area contributed by atoms with Crippen LogP contribution >= 0.6 is 11.6 Å². The van der Waals surface area contributed by atoms with Gasteiger partial charge in [-0.1, -0.05) is 11.6 Å². The van der Waals surface area contributed by atoms with Crippen LogP contribution in [0.3, 0.4) is 0 Å². The molecule has 2 aromatic rings. The van der Waals surface area contributed by atoms with E-state index in [0.717, 1.165) is 30.3 Å². The summed E-state index contributed by atoms with van der Waals surface area (Å²) in [5.41, 5.74) is -1.23. The molecular formula is C20H17ClF3N3O6. The van der Waals surface area contributed by atoms with Gasteiger partial charge < -0.3 is 19.7 Å². The van der Waals surface area contributed by atoms with Crippen LogP contribution in [0.25, 0.3) is 0 Å². The highest BCUT2D eigenvalue weighted by molar-refractivity contribution is 6.33. The highest BCUT2D eigenvalue weighted by Crippen LogP contribution is 2.35. The topological polar surface area (TPSA) is 111 Å². The summed E-state index contributed by atoms with van der Waals surface area (Å²) in [4.78, 5) is 36.3. The number of ether oxygens (including phenoxy) is 2. The number of morpholine rings is 1. The highest BCUT2D eigenvalue weighted by atomic mass is 35.5. The molecule has 0 aromatic heterocycles. The molecule has 33 heavy (non-hydrogen) atoms. The van der Waals surface area contributed by atoms with E-state index in [9.17, 15) is 32.9 Å². The van der Waals surface area contributed by atoms with E-state index in [1.807, 2.05) is 0 Å². The molecular weight excluding hydrogens is 471 g/mol. The molecule has 1 amide bonds. The largest absolute Gasteiger partial charge is 0.452 e. The van der Waals surface area contributed by atoms with Crippen molar-refractivity contribution in [3.63, 3.8) is 0 Å². The van der Waals surface area contributed by atoms with Gasteiger partial charge in [-0.2, -0.15) is 13.2 Å². The van der Waals surface area contributed by atoms with Gasteiger partial charge in [0.15, 0.2) is 6.61 Å². The van der Waals surface area contributed by atoms with Crippen molar-refractivity contribution in [3.8, 4) is 0 Å². The van der Waals surface area contributed by atoms with Crippen molar-refractivity contribution in [2.45, 2.75) is 6.18 Å². The second-order valence-electron chi connectivity index (χ2n) is 6.87. The van der Waals surface area contributed by atoms with Gasteiger partial charge >= 0.3 is 12.1 Å². The number of non-ortho nitro benzene ring substituents is 1. The smallest absolute Gasteiger partial charge is 0.416 e. The fourth-order valence-electron chi connectivity index (χ4n) is 3.07. The number of carbonyl (C=O) groups excluding carboxylic acids is 2. The van der Waals surface area contributed by atoms with Crippen LogP contribution in [0.4, 0.5) is 30.2 Å². The average molecular weight is 488 g/mol. The van der Waals surface area contributed by atoms with Crippen LogP contribution in [-0.2, 0) is 20.4 Å². The maximum Gasteiger partial charge on any atom is 0.416 e. The van der Waals surface area contributed by atoms with Gasteiger partial charge in [-0.25, -0.2) is 4.79 Å². The summed E-state index contributed by atoms with van der Waals surface area (Å²) in [6.45, 7) is 0.776. The normalized spacial score (nSPS) is 14.0. The number of nitro benzene ring substituents is 1. The van der Waals surface area contributed by atoms with Gasteiger partial charge in [-0.15, -0.1) is 0 Å². The molecule has 0 spiro atoms. The molecule has 1 N–H and O–H groups in total. The SMILES string of the molecule is O=C(COC(=O)c1ccc([N+](=O)[O-])cc1Cl)Nc1cc(C(F)(F)F)ccc1N1CCOCC1. The van der Waals surface area contributed by atoms with E-state index in [1.165, 1.54) is 6.07 Å². The number of rotatable bonds is 6. The fourth-order valence-corrected chi connectivity index (χ4v) is 3.32. The summed E-state index contributed by atoms with van der Waals surface area (Å²) in [5, 5.41) is 12.8. The molecule has 2 aromatic carbocycles. The van der Waals surface area contributed by atoms with Gasteiger partial charge in [0.1, 0.15) is 0 Å². The van der Waals surface area contributed by atoms with Gasteiger partial charge in [0.2, 0.25) is 0 Å². The molecule has 1 fully saturated rings. The predicted octanol–water partition coefficient (Wildman–Crippen LogP) is 3.90. The molecule has 1 aliphatic rings. The molecule has 0 aliphatic carbocycles. The lowest BCUT2D eigenvalue weighted by Crippen LogP contribution is -2.37. The number of amides is 1. The zero-order chi connectivity index (χ0) is 24.2. The summed E-state index contributed by atoms with van der Waals surface area (Å²) >= 11 is 5.85. The fraction of sp³-hybridized carbons (Fsp3) is 0.300. The second-order valence-corrected chi connectivity index (χ2v) is 7.28. The minimum absolute atomic E-state index is 0.0962. The van der Waals surface area contributed by atoms with E-state index in [0.29, 0.717) is 32.0 Å². The monoisotopic (exact) mass is 487 g/mol. The van der Waals surface area contributed by atoms with E-state index >= 15 is 0 Å². The van der Waals surface area contributed by atoms with Crippen LogP contribution in [0.1, 0.15) is 15.9 Å². The van der Waals surface area contributed by atoms with Crippen molar-refractivity contribution in [3.05, 3.63) is 62.7 Å². The first-order valence-corrected chi connectivity index (χ1v) is 9.89. The lowest BCUT2D eigenvalue weighted by molar-refractivity contribution is -0.384. The summed E-state index contributed by atoms with van der Waals surface area (Å²) in [7, 11) is 0. The number of nitro groups is 1. The summed E-state index contributed by atoms with van der Waals surface area (Å²) in [6, 6.07) is 6.04. The zero-order valence-electron chi connectivity index (χ0n) is 16.9. The standard InChI is InChI=1S/C20H17ClF3N3O6/c21-15-10-13(27(30)31)2-3-14(15)19(29)33-11-18(28)25-16-9-12(20(22,23)24)1-4-17(16)26-5-7-32-8-6-26/h1-4,9-10H,5-8,11H2,(H,25,28). The van der Waals surface area contributed by atoms with Gasteiger partial charge in [0, 0.05) is 25.2 Å². The number of hydrogen-bond acceptors (Lipinski definition) is 7. The minimum atomic E-state index is -4.62. The first-order chi connectivity index (χ1) is 15.6. The molecule has 3 rings (SSSR count). The molecule has 1 heterocycles. The number of hydrogen-bond donors (Lipinski definition) is 1. The van der Waals surface area contributed by atoms with Crippen LogP contribution in [0.5, 0.6) is 0 Å². The summed E-state index contributed by atoms with van der Waals surface area (Å²) in [5.74, 6) is -1.90. The van der Waals surface area contributed by atoms with E-state index < -0.39 is 35.1 Å². The Morgan fingerprint density at radius 3 is 2.48 bits per heavy atom. The van der Waals surface area contributed by atoms with Crippen molar-refractivity contribution in [2.24, 2.45) is 0 Å². The van der Waals surface area contributed by atoms with Crippen molar-refractivity contribution >= 4 is 40.5 Å². The summed E-state index contributed by atoms with van der Waals surface area (Å²) < 4.78 is 49.6. The molecule has 0 bridgehead atoms. The van der Waals surface area contributed by atoms with Crippen LogP contribution < -0.4 is 10.2 Å². The van der Waals surface area contributed by atoms with Crippen LogP contribution in [0.2, 0.25) is 5.02 Å². The van der Waals surface area contributed by atoms with Gasteiger partial charge in [-0.05, 0) is 24.3 Å². The maximum atomic E-state index is 13.2. The molecule has 176 valence electrons. The lowest BCUT2D eigenvalue weighted by atomic mass is 10.1. The first-order valence-electron chi connectivity index (χ1n) is 9.51. The van der Waals surface area contributed by atoms with Crippen LogP contribution in [-0.4, -0.2) is 49.7 Å². The number of halogens is 4. The van der Waals surface area contributed by atoms with Crippen LogP contribution in [0, 0.1) is 10.1 Å². The van der Waals surface area contributed by atoms with Crippen molar-refractivity contribution < 1.29 is 37.2 Å². The maximum absolute atomic E-state index is 13.2. The molecule has 13 heteroatoms. The minimum Gasteiger partial charge on any atom is -0.452 e. The quantitative estimate of drug-likeness (QED) is 0.373. The van der Waals surface area contributed by atoms with E-state index in [1.54, 1.807) is 4.90 Å². The van der Waals surface area contributed by atoms with Crippen molar-refractivity contribution in [1.82, 2.24) is 0 Å². The number of esters is 1. The van der Waals surface area contributed by atoms with Crippen molar-refractivity contribution in [2.75, 3.05) is 43.1 Å². The Labute approximate surface area is 190 Å². The average Bonchev–Trinajstić information content (AvgIpc) is 2.77.